The predicted molar refractivity (Wildman–Crippen MR) is 107 cm³/mol. The maximum atomic E-state index is 12.4. The van der Waals surface area contributed by atoms with E-state index in [1.807, 2.05) is 18.2 Å². The minimum Gasteiger partial charge on any atom is -0.457 e. The Morgan fingerprint density at radius 3 is 2.68 bits per heavy atom. The molecule has 148 valence electrons. The fourth-order valence-corrected chi connectivity index (χ4v) is 3.72. The molecule has 2 aromatic carbocycles. The van der Waals surface area contributed by atoms with Crippen LogP contribution in [-0.4, -0.2) is 28.4 Å². The van der Waals surface area contributed by atoms with Crippen molar-refractivity contribution < 1.29 is 14.5 Å². The van der Waals surface area contributed by atoms with Crippen LogP contribution in [0.25, 0.3) is 0 Å². The van der Waals surface area contributed by atoms with Crippen molar-refractivity contribution in [3.05, 3.63) is 74.3 Å². The molecule has 0 saturated carbocycles. The number of nitrogens with zero attached hydrogens (tertiary/aromatic N) is 2. The van der Waals surface area contributed by atoms with Gasteiger partial charge >= 0.3 is 5.97 Å². The Hall–Kier alpha value is -2.44. The topological polar surface area (TPSA) is 72.7 Å². The van der Waals surface area contributed by atoms with Gasteiger partial charge in [-0.25, -0.2) is 4.79 Å². The minimum absolute atomic E-state index is 0.00891. The molecule has 6 nitrogen and oxygen atoms in total. The van der Waals surface area contributed by atoms with Gasteiger partial charge in [-0.15, -0.1) is 0 Å². The monoisotopic (exact) mass is 402 g/mol. The van der Waals surface area contributed by atoms with Gasteiger partial charge in [-0.1, -0.05) is 42.3 Å². The molecule has 3 rings (SSSR count). The predicted octanol–water partition coefficient (Wildman–Crippen LogP) is 4.98. The number of hydrogen-bond acceptors (Lipinski definition) is 5. The van der Waals surface area contributed by atoms with Crippen molar-refractivity contribution in [3.8, 4) is 0 Å². The Kier molecular flexibility index (Phi) is 6.65. The van der Waals surface area contributed by atoms with Crippen molar-refractivity contribution in [2.45, 2.75) is 45.4 Å². The summed E-state index contributed by atoms with van der Waals surface area (Å²) in [4.78, 5) is 25.1. The summed E-state index contributed by atoms with van der Waals surface area (Å²) in [5.41, 5.74) is 2.04. The highest BCUT2D eigenvalue weighted by molar-refractivity contribution is 6.33. The normalized spacial score (nSPS) is 17.3. The summed E-state index contributed by atoms with van der Waals surface area (Å²) < 4.78 is 5.44. The van der Waals surface area contributed by atoms with Gasteiger partial charge < -0.3 is 4.74 Å². The molecule has 1 saturated heterocycles. The van der Waals surface area contributed by atoms with Crippen LogP contribution < -0.4 is 0 Å². The molecular formula is C21H23ClN2O4. The molecule has 7 heteroatoms. The number of hydrogen-bond donors (Lipinski definition) is 0. The maximum Gasteiger partial charge on any atom is 0.339 e. The molecule has 1 heterocycles. The third-order valence-electron chi connectivity index (χ3n) is 5.17. The highest BCUT2D eigenvalue weighted by Crippen LogP contribution is 2.24. The van der Waals surface area contributed by atoms with Crippen LogP contribution in [0.4, 0.5) is 5.69 Å². The Morgan fingerprint density at radius 2 is 2.00 bits per heavy atom. The number of carbonyl (C=O) groups excluding carboxylic acids is 1. The SMILES string of the molecule is CC1CCCCN1Cc1ccccc1COC(=O)c1ccc([N+](=O)[O-])cc1Cl. The van der Waals surface area contributed by atoms with Gasteiger partial charge in [-0.05, 0) is 43.5 Å². The number of ether oxygens (including phenoxy) is 1. The van der Waals surface area contributed by atoms with E-state index in [9.17, 15) is 14.9 Å². The largest absolute Gasteiger partial charge is 0.457 e. The molecule has 28 heavy (non-hydrogen) atoms. The van der Waals surface area contributed by atoms with E-state index in [0.29, 0.717) is 6.04 Å². The van der Waals surface area contributed by atoms with Crippen LogP contribution in [-0.2, 0) is 17.9 Å². The van der Waals surface area contributed by atoms with Crippen molar-refractivity contribution in [1.29, 1.82) is 0 Å². The first-order valence-corrected chi connectivity index (χ1v) is 9.75. The van der Waals surface area contributed by atoms with Crippen LogP contribution >= 0.6 is 11.6 Å². The molecule has 1 unspecified atom stereocenters. The Bertz CT molecular complexity index is 871. The number of piperidine rings is 1. The molecule has 0 N–H and O–H groups in total. The summed E-state index contributed by atoms with van der Waals surface area (Å²) in [6, 6.07) is 12.2. The highest BCUT2D eigenvalue weighted by Gasteiger charge is 2.20. The van der Waals surface area contributed by atoms with E-state index in [0.717, 1.165) is 30.3 Å². The number of non-ortho nitro benzene ring substituents is 1. The number of esters is 1. The average molecular weight is 403 g/mol. The summed E-state index contributed by atoms with van der Waals surface area (Å²) in [6.45, 7) is 4.28. The minimum atomic E-state index is -0.596. The van der Waals surface area contributed by atoms with E-state index in [1.165, 1.54) is 31.4 Å². The number of likely N-dealkylation sites (tertiary alicyclic amines) is 1. The molecule has 2 aromatic rings. The summed E-state index contributed by atoms with van der Waals surface area (Å²) in [5.74, 6) is -0.596. The van der Waals surface area contributed by atoms with Crippen molar-refractivity contribution >= 4 is 23.3 Å². The van der Waals surface area contributed by atoms with Gasteiger partial charge in [-0.2, -0.15) is 0 Å². The molecule has 0 aliphatic carbocycles. The number of halogens is 1. The lowest BCUT2D eigenvalue weighted by molar-refractivity contribution is -0.384. The van der Waals surface area contributed by atoms with Crippen molar-refractivity contribution in [2.75, 3.05) is 6.54 Å². The third kappa shape index (κ3) is 4.88. The van der Waals surface area contributed by atoms with E-state index in [1.54, 1.807) is 0 Å². The van der Waals surface area contributed by atoms with Crippen LogP contribution in [0.5, 0.6) is 0 Å². The molecule has 1 aliphatic rings. The van der Waals surface area contributed by atoms with Gasteiger partial charge in [0.1, 0.15) is 6.61 Å². The number of carbonyl (C=O) groups is 1. The molecule has 1 aliphatic heterocycles. The average Bonchev–Trinajstić information content (AvgIpc) is 2.68. The number of rotatable bonds is 6. The van der Waals surface area contributed by atoms with Crippen LogP contribution in [0.2, 0.25) is 5.02 Å². The van der Waals surface area contributed by atoms with Gasteiger partial charge in [0.05, 0.1) is 15.5 Å². The highest BCUT2D eigenvalue weighted by atomic mass is 35.5. The Labute approximate surface area is 169 Å². The first kappa shape index (κ1) is 20.3. The summed E-state index contributed by atoms with van der Waals surface area (Å²) in [7, 11) is 0. The fourth-order valence-electron chi connectivity index (χ4n) is 3.47. The standard InChI is InChI=1S/C21H23ClN2O4/c1-15-6-4-5-11-23(15)13-16-7-2-3-8-17(16)14-28-21(25)19-10-9-18(24(26)27)12-20(19)22/h2-3,7-10,12,15H,4-6,11,13-14H2,1H3. The zero-order chi connectivity index (χ0) is 20.1. The van der Waals surface area contributed by atoms with Crippen molar-refractivity contribution in [1.82, 2.24) is 4.90 Å². The zero-order valence-electron chi connectivity index (χ0n) is 15.8. The molecule has 0 bridgehead atoms. The molecule has 0 radical (unpaired) electrons. The molecule has 0 amide bonds. The van der Waals surface area contributed by atoms with E-state index in [4.69, 9.17) is 16.3 Å². The lowest BCUT2D eigenvalue weighted by atomic mass is 10.0. The second-order valence-corrected chi connectivity index (χ2v) is 7.49. The number of nitro groups is 1. The van der Waals surface area contributed by atoms with Crippen LogP contribution in [0.1, 0.15) is 47.7 Å². The van der Waals surface area contributed by atoms with Crippen LogP contribution in [0, 0.1) is 10.1 Å². The van der Waals surface area contributed by atoms with Gasteiger partial charge in [-0.3, -0.25) is 15.0 Å². The molecule has 1 fully saturated rings. The van der Waals surface area contributed by atoms with E-state index < -0.39 is 10.9 Å². The lowest BCUT2D eigenvalue weighted by Gasteiger charge is -2.33. The Balaban J connectivity index is 1.67. The molecule has 0 spiro atoms. The van der Waals surface area contributed by atoms with E-state index >= 15 is 0 Å². The molecular weight excluding hydrogens is 380 g/mol. The molecule has 0 aromatic heterocycles. The summed E-state index contributed by atoms with van der Waals surface area (Å²) >= 11 is 6.01. The first-order valence-electron chi connectivity index (χ1n) is 9.37. The smallest absolute Gasteiger partial charge is 0.339 e. The summed E-state index contributed by atoms with van der Waals surface area (Å²) in [5, 5.41) is 10.8. The van der Waals surface area contributed by atoms with Crippen LogP contribution in [0.3, 0.4) is 0 Å². The lowest BCUT2D eigenvalue weighted by Crippen LogP contribution is -2.37. The second kappa shape index (κ2) is 9.17. The van der Waals surface area contributed by atoms with Gasteiger partial charge in [0.2, 0.25) is 0 Å². The van der Waals surface area contributed by atoms with E-state index in [2.05, 4.69) is 17.9 Å². The quantitative estimate of drug-likeness (QED) is 0.387. The van der Waals surface area contributed by atoms with Crippen LogP contribution in [0.15, 0.2) is 42.5 Å². The van der Waals surface area contributed by atoms with Gasteiger partial charge in [0, 0.05) is 24.7 Å². The molecule has 1 atom stereocenters. The van der Waals surface area contributed by atoms with Crippen molar-refractivity contribution in [2.24, 2.45) is 0 Å². The zero-order valence-corrected chi connectivity index (χ0v) is 16.5. The number of benzene rings is 2. The number of nitro benzene ring substituents is 1. The van der Waals surface area contributed by atoms with Crippen molar-refractivity contribution in [3.63, 3.8) is 0 Å². The van der Waals surface area contributed by atoms with Gasteiger partial charge in [0.15, 0.2) is 0 Å². The maximum absolute atomic E-state index is 12.4. The third-order valence-corrected chi connectivity index (χ3v) is 5.49. The summed E-state index contributed by atoms with van der Waals surface area (Å²) in [6.07, 6.45) is 3.68. The second-order valence-electron chi connectivity index (χ2n) is 7.08. The Morgan fingerprint density at radius 1 is 1.25 bits per heavy atom. The van der Waals surface area contributed by atoms with Gasteiger partial charge in [0.25, 0.3) is 5.69 Å². The first-order chi connectivity index (χ1) is 13.5. The van der Waals surface area contributed by atoms with E-state index in [-0.39, 0.29) is 22.9 Å². The fraction of sp³-hybridized carbons (Fsp3) is 0.381.